The van der Waals surface area contributed by atoms with Crippen molar-refractivity contribution in [2.24, 2.45) is 4.99 Å². The van der Waals surface area contributed by atoms with Gasteiger partial charge in [0.05, 0.1) is 26.5 Å². The van der Waals surface area contributed by atoms with E-state index in [0.29, 0.717) is 6.54 Å². The van der Waals surface area contributed by atoms with Crippen molar-refractivity contribution >= 4 is 5.96 Å². The molecule has 162 valence electrons. The third-order valence-corrected chi connectivity index (χ3v) is 5.87. The number of aliphatic imine (C=N–C) groups is 1. The van der Waals surface area contributed by atoms with Crippen LogP contribution in [0.5, 0.6) is 11.5 Å². The monoisotopic (exact) mass is 410 g/mol. The van der Waals surface area contributed by atoms with Crippen molar-refractivity contribution < 1.29 is 9.47 Å². The molecule has 0 radical (unpaired) electrons. The predicted octanol–water partition coefficient (Wildman–Crippen LogP) is 4.06. The zero-order valence-electron chi connectivity index (χ0n) is 18.4. The summed E-state index contributed by atoms with van der Waals surface area (Å²) in [7, 11) is 3.37. The van der Waals surface area contributed by atoms with Crippen LogP contribution < -0.4 is 20.1 Å². The van der Waals surface area contributed by atoms with Crippen LogP contribution >= 0.6 is 0 Å². The Labute approximate surface area is 180 Å². The molecule has 1 heterocycles. The molecule has 0 unspecified atom stereocenters. The lowest BCUT2D eigenvalue weighted by Gasteiger charge is -2.38. The molecule has 6 nitrogen and oxygen atoms in total. The number of benzene rings is 1. The van der Waals surface area contributed by atoms with E-state index in [0.717, 1.165) is 49.1 Å². The maximum Gasteiger partial charge on any atom is 0.191 e. The smallest absolute Gasteiger partial charge is 0.191 e. The van der Waals surface area contributed by atoms with Crippen molar-refractivity contribution in [1.29, 1.82) is 0 Å². The van der Waals surface area contributed by atoms with Gasteiger partial charge in [-0.05, 0) is 49.6 Å². The van der Waals surface area contributed by atoms with Gasteiger partial charge in [-0.15, -0.1) is 0 Å². The first-order chi connectivity index (χ1) is 14.7. The lowest BCUT2D eigenvalue weighted by Crippen LogP contribution is -2.46. The van der Waals surface area contributed by atoms with Gasteiger partial charge in [-0.25, -0.2) is 4.99 Å². The number of nitrogens with one attached hydrogen (secondary N) is 2. The molecule has 3 rings (SSSR count). The Balaban J connectivity index is 1.79. The molecule has 0 saturated heterocycles. The lowest BCUT2D eigenvalue weighted by atomic mass is 9.69. The molecule has 0 bridgehead atoms. The van der Waals surface area contributed by atoms with E-state index < -0.39 is 0 Å². The molecule has 2 N–H and O–H groups in total. The molecular formula is C24H34N4O2. The van der Waals surface area contributed by atoms with Crippen LogP contribution in [0.15, 0.2) is 47.6 Å². The Hall–Kier alpha value is -2.76. The summed E-state index contributed by atoms with van der Waals surface area (Å²) >= 11 is 0. The van der Waals surface area contributed by atoms with Gasteiger partial charge in [-0.3, -0.25) is 4.98 Å². The average Bonchev–Trinajstić information content (AvgIpc) is 2.81. The molecule has 0 spiro atoms. The second-order valence-electron chi connectivity index (χ2n) is 7.78. The Morgan fingerprint density at radius 3 is 2.50 bits per heavy atom. The largest absolute Gasteiger partial charge is 0.493 e. The van der Waals surface area contributed by atoms with Crippen LogP contribution in [0.25, 0.3) is 0 Å². The van der Waals surface area contributed by atoms with E-state index in [2.05, 4.69) is 34.7 Å². The highest BCUT2D eigenvalue weighted by Gasteiger charge is 2.34. The summed E-state index contributed by atoms with van der Waals surface area (Å²) < 4.78 is 11.0. The molecule has 0 amide bonds. The topological polar surface area (TPSA) is 67.8 Å². The minimum atomic E-state index is 0.0546. The van der Waals surface area contributed by atoms with Gasteiger partial charge in [0.25, 0.3) is 0 Å². The number of guanidine groups is 1. The predicted molar refractivity (Wildman–Crippen MR) is 121 cm³/mol. The van der Waals surface area contributed by atoms with Gasteiger partial charge < -0.3 is 20.1 Å². The van der Waals surface area contributed by atoms with Gasteiger partial charge in [0.15, 0.2) is 17.5 Å². The maximum atomic E-state index is 5.58. The normalized spacial score (nSPS) is 16.0. The fraction of sp³-hybridized carbons (Fsp3) is 0.500. The van der Waals surface area contributed by atoms with Crippen molar-refractivity contribution in [3.63, 3.8) is 0 Å². The number of hydrogen-bond donors (Lipinski definition) is 2. The molecule has 1 aromatic heterocycles. The average molecular weight is 411 g/mol. The van der Waals surface area contributed by atoms with Crippen molar-refractivity contribution in [3.8, 4) is 11.5 Å². The van der Waals surface area contributed by atoms with E-state index in [1.165, 1.54) is 24.8 Å². The molecule has 30 heavy (non-hydrogen) atoms. The van der Waals surface area contributed by atoms with Crippen LogP contribution in [0.1, 0.15) is 50.3 Å². The first-order valence-electron chi connectivity index (χ1n) is 10.9. The Morgan fingerprint density at radius 1 is 1.03 bits per heavy atom. The summed E-state index contributed by atoms with van der Waals surface area (Å²) in [5.74, 6) is 2.38. The Kier molecular flexibility index (Phi) is 7.94. The number of aromatic nitrogens is 1. The quantitative estimate of drug-likeness (QED) is 0.507. The van der Waals surface area contributed by atoms with Crippen LogP contribution in [-0.4, -0.2) is 38.3 Å². The summed E-state index contributed by atoms with van der Waals surface area (Å²) in [4.78, 5) is 9.11. The van der Waals surface area contributed by atoms with Crippen molar-refractivity contribution in [2.45, 2.75) is 51.0 Å². The van der Waals surface area contributed by atoms with E-state index in [9.17, 15) is 0 Å². The number of hydrogen-bond acceptors (Lipinski definition) is 4. The second-order valence-corrected chi connectivity index (χ2v) is 7.78. The number of pyridine rings is 1. The summed E-state index contributed by atoms with van der Waals surface area (Å²) in [6.45, 7) is 4.29. The summed E-state index contributed by atoms with van der Waals surface area (Å²) in [5.41, 5.74) is 2.31. The SMILES string of the molecule is CCNC(=NCc1ccccn1)NCC1(c2ccc(OC)c(OC)c2)CCCCC1. The first-order valence-corrected chi connectivity index (χ1v) is 10.9. The van der Waals surface area contributed by atoms with Crippen LogP contribution in [0, 0.1) is 0 Å². The highest BCUT2D eigenvalue weighted by molar-refractivity contribution is 5.79. The summed E-state index contributed by atoms with van der Waals surface area (Å²) in [6, 6.07) is 12.3. The van der Waals surface area contributed by atoms with E-state index >= 15 is 0 Å². The molecule has 1 aliphatic rings. The number of rotatable bonds is 8. The summed E-state index contributed by atoms with van der Waals surface area (Å²) in [5, 5.41) is 6.97. The first kappa shape index (κ1) is 21.9. The van der Waals surface area contributed by atoms with Crippen LogP contribution in [0.4, 0.5) is 0 Å². The van der Waals surface area contributed by atoms with Crippen molar-refractivity contribution in [3.05, 3.63) is 53.9 Å². The van der Waals surface area contributed by atoms with Crippen molar-refractivity contribution in [2.75, 3.05) is 27.3 Å². The minimum absolute atomic E-state index is 0.0546. The lowest BCUT2D eigenvalue weighted by molar-refractivity contribution is 0.288. The molecule has 6 heteroatoms. The van der Waals surface area contributed by atoms with Gasteiger partial charge in [-0.2, -0.15) is 0 Å². The van der Waals surface area contributed by atoms with E-state index in [4.69, 9.17) is 14.5 Å². The van der Waals surface area contributed by atoms with Crippen LogP contribution in [0.2, 0.25) is 0 Å². The Bertz CT molecular complexity index is 817. The van der Waals surface area contributed by atoms with E-state index in [-0.39, 0.29) is 5.41 Å². The number of ether oxygens (including phenoxy) is 2. The number of nitrogens with zero attached hydrogens (tertiary/aromatic N) is 2. The fourth-order valence-electron chi connectivity index (χ4n) is 4.21. The molecule has 1 fully saturated rings. The molecule has 2 aromatic rings. The zero-order valence-corrected chi connectivity index (χ0v) is 18.4. The van der Waals surface area contributed by atoms with Gasteiger partial charge >= 0.3 is 0 Å². The molecule has 1 aromatic carbocycles. The van der Waals surface area contributed by atoms with Gasteiger partial charge in [-0.1, -0.05) is 31.4 Å². The van der Waals surface area contributed by atoms with E-state index in [1.54, 1.807) is 20.4 Å². The number of methoxy groups -OCH3 is 2. The molecule has 0 aliphatic heterocycles. The summed E-state index contributed by atoms with van der Waals surface area (Å²) in [6.07, 6.45) is 7.86. The Morgan fingerprint density at radius 2 is 1.83 bits per heavy atom. The van der Waals surface area contributed by atoms with Gasteiger partial charge in [0.1, 0.15) is 0 Å². The zero-order chi connectivity index (χ0) is 21.2. The molecule has 1 saturated carbocycles. The van der Waals surface area contributed by atoms with Crippen LogP contribution in [0.3, 0.4) is 0 Å². The van der Waals surface area contributed by atoms with Gasteiger partial charge in [0.2, 0.25) is 0 Å². The van der Waals surface area contributed by atoms with Crippen LogP contribution in [-0.2, 0) is 12.0 Å². The highest BCUT2D eigenvalue weighted by atomic mass is 16.5. The third-order valence-electron chi connectivity index (χ3n) is 5.87. The molecule has 1 aliphatic carbocycles. The minimum Gasteiger partial charge on any atom is -0.493 e. The third kappa shape index (κ3) is 5.43. The van der Waals surface area contributed by atoms with E-state index in [1.807, 2.05) is 24.3 Å². The van der Waals surface area contributed by atoms with Crippen molar-refractivity contribution in [1.82, 2.24) is 15.6 Å². The molecule has 0 atom stereocenters. The highest BCUT2D eigenvalue weighted by Crippen LogP contribution is 2.42. The van der Waals surface area contributed by atoms with Gasteiger partial charge in [0, 0.05) is 24.7 Å². The second kappa shape index (κ2) is 10.9. The molecular weight excluding hydrogens is 376 g/mol. The standard InChI is InChI=1S/C24H34N4O2/c1-4-25-23(27-17-20-10-6-9-15-26-20)28-18-24(13-7-5-8-14-24)19-11-12-21(29-2)22(16-19)30-3/h6,9-12,15-16H,4-5,7-8,13-14,17-18H2,1-3H3,(H2,25,27,28). The fourth-order valence-corrected chi connectivity index (χ4v) is 4.21. The maximum absolute atomic E-state index is 5.58.